The normalized spacial score (nSPS) is 10.5. The summed E-state index contributed by atoms with van der Waals surface area (Å²) in [6, 6.07) is 0. The summed E-state index contributed by atoms with van der Waals surface area (Å²) in [6.45, 7) is 1.87. The second-order valence-corrected chi connectivity index (χ2v) is 4.48. The molecule has 0 aliphatic heterocycles. The lowest BCUT2D eigenvalue weighted by Gasteiger charge is -2.01. The van der Waals surface area contributed by atoms with Gasteiger partial charge in [-0.3, -0.25) is 0 Å². The number of thiazole rings is 1. The fourth-order valence-corrected chi connectivity index (χ4v) is 1.89. The number of nitrogens with zero attached hydrogens (tertiary/aromatic N) is 3. The molecule has 2 aromatic heterocycles. The van der Waals surface area contributed by atoms with Gasteiger partial charge < -0.3 is 0 Å². The van der Waals surface area contributed by atoms with Gasteiger partial charge >= 0.3 is 0 Å². The Hall–Kier alpha value is -0.520. The van der Waals surface area contributed by atoms with E-state index in [9.17, 15) is 0 Å². The van der Waals surface area contributed by atoms with Crippen molar-refractivity contribution in [2.45, 2.75) is 6.92 Å². The molecule has 0 N–H and O–H groups in total. The predicted molar refractivity (Wildman–Crippen MR) is 60.6 cm³/mol. The van der Waals surface area contributed by atoms with Gasteiger partial charge in [-0.25, -0.2) is 15.0 Å². The molecule has 0 bridgehead atoms. The van der Waals surface area contributed by atoms with Gasteiger partial charge in [0.2, 0.25) is 0 Å². The van der Waals surface area contributed by atoms with E-state index in [1.807, 2.05) is 12.3 Å². The van der Waals surface area contributed by atoms with E-state index in [2.05, 4.69) is 30.9 Å². The monoisotopic (exact) mass is 289 g/mol. The summed E-state index contributed by atoms with van der Waals surface area (Å²) in [4.78, 5) is 12.5. The Morgan fingerprint density at radius 1 is 1.43 bits per heavy atom. The van der Waals surface area contributed by atoms with Crippen LogP contribution in [0.2, 0.25) is 5.15 Å². The fourth-order valence-electron chi connectivity index (χ4n) is 0.962. The van der Waals surface area contributed by atoms with Gasteiger partial charge in [0.1, 0.15) is 10.8 Å². The third-order valence-corrected chi connectivity index (χ3v) is 3.68. The molecule has 72 valence electrons. The number of aryl methyl sites for hydroxylation is 1. The van der Waals surface area contributed by atoms with Crippen LogP contribution in [0.4, 0.5) is 0 Å². The lowest BCUT2D eigenvalue weighted by atomic mass is 10.4. The van der Waals surface area contributed by atoms with Gasteiger partial charge in [-0.15, -0.1) is 11.3 Å². The first-order valence-electron chi connectivity index (χ1n) is 3.76. The molecule has 0 saturated heterocycles. The van der Waals surface area contributed by atoms with Crippen molar-refractivity contribution in [1.82, 2.24) is 15.0 Å². The number of hydrogen-bond acceptors (Lipinski definition) is 4. The maximum atomic E-state index is 5.91. The third kappa shape index (κ3) is 1.80. The van der Waals surface area contributed by atoms with Crippen molar-refractivity contribution < 1.29 is 0 Å². The van der Waals surface area contributed by atoms with Crippen LogP contribution < -0.4 is 0 Å². The molecular weight excluding hydrogens is 286 g/mol. The molecule has 0 aromatic carbocycles. The van der Waals surface area contributed by atoms with Crippen molar-refractivity contribution in [1.29, 1.82) is 0 Å². The second kappa shape index (κ2) is 3.92. The Labute approximate surface area is 98.3 Å². The van der Waals surface area contributed by atoms with Gasteiger partial charge in [-0.2, -0.15) is 0 Å². The molecule has 0 unspecified atom stereocenters. The van der Waals surface area contributed by atoms with Crippen molar-refractivity contribution >= 4 is 38.9 Å². The third-order valence-electron chi connectivity index (χ3n) is 1.64. The average molecular weight is 291 g/mol. The van der Waals surface area contributed by atoms with E-state index in [4.69, 9.17) is 11.6 Å². The number of rotatable bonds is 1. The van der Waals surface area contributed by atoms with Crippen LogP contribution in [-0.2, 0) is 0 Å². The van der Waals surface area contributed by atoms with Crippen LogP contribution in [0.1, 0.15) is 5.69 Å². The zero-order chi connectivity index (χ0) is 10.1. The molecule has 3 nitrogen and oxygen atoms in total. The molecule has 0 aliphatic carbocycles. The zero-order valence-corrected chi connectivity index (χ0v) is 10.3. The maximum absolute atomic E-state index is 5.91. The molecule has 6 heteroatoms. The van der Waals surface area contributed by atoms with Crippen LogP contribution in [0.3, 0.4) is 0 Å². The lowest BCUT2D eigenvalue weighted by molar-refractivity contribution is 1.08. The van der Waals surface area contributed by atoms with Crippen LogP contribution in [-0.4, -0.2) is 15.0 Å². The van der Waals surface area contributed by atoms with Crippen LogP contribution in [0.25, 0.3) is 11.5 Å². The first-order valence-corrected chi connectivity index (χ1v) is 5.88. The van der Waals surface area contributed by atoms with Gasteiger partial charge in [0, 0.05) is 5.38 Å². The molecule has 2 aromatic rings. The van der Waals surface area contributed by atoms with Crippen LogP contribution >= 0.6 is 38.9 Å². The summed E-state index contributed by atoms with van der Waals surface area (Å²) < 4.78 is 0.734. The fraction of sp³-hybridized carbons (Fsp3) is 0.125. The standard InChI is InChI=1S/C8H5BrClN3S/c1-4-6(9)7(10)13-8(12-4)5-2-14-3-11-5/h2-3H,1H3. The second-order valence-electron chi connectivity index (χ2n) is 2.61. The minimum Gasteiger partial charge on any atom is -0.241 e. The first kappa shape index (κ1) is 10.0. The Morgan fingerprint density at radius 2 is 2.21 bits per heavy atom. The highest BCUT2D eigenvalue weighted by molar-refractivity contribution is 9.10. The number of hydrogen-bond donors (Lipinski definition) is 0. The SMILES string of the molecule is Cc1nc(-c2cscn2)nc(Cl)c1Br. The Morgan fingerprint density at radius 3 is 2.79 bits per heavy atom. The van der Waals surface area contributed by atoms with E-state index in [0.29, 0.717) is 11.0 Å². The van der Waals surface area contributed by atoms with Crippen LogP contribution in [0.15, 0.2) is 15.4 Å². The van der Waals surface area contributed by atoms with Crippen molar-refractivity contribution in [3.63, 3.8) is 0 Å². The Bertz CT molecular complexity index is 435. The summed E-state index contributed by atoms with van der Waals surface area (Å²) >= 11 is 10.7. The molecule has 0 amide bonds. The van der Waals surface area contributed by atoms with Crippen molar-refractivity contribution in [2.75, 3.05) is 0 Å². The minimum atomic E-state index is 0.417. The van der Waals surface area contributed by atoms with Gasteiger partial charge in [0.05, 0.1) is 15.7 Å². The zero-order valence-electron chi connectivity index (χ0n) is 7.16. The van der Waals surface area contributed by atoms with E-state index < -0.39 is 0 Å². The molecule has 0 saturated carbocycles. The van der Waals surface area contributed by atoms with E-state index in [0.717, 1.165) is 15.9 Å². The molecule has 0 fully saturated rings. The molecule has 0 atom stereocenters. The van der Waals surface area contributed by atoms with Crippen molar-refractivity contribution in [2.24, 2.45) is 0 Å². The number of aromatic nitrogens is 3. The molecule has 0 radical (unpaired) electrons. The van der Waals surface area contributed by atoms with E-state index in [-0.39, 0.29) is 0 Å². The summed E-state index contributed by atoms with van der Waals surface area (Å²) in [5.41, 5.74) is 3.31. The first-order chi connectivity index (χ1) is 6.68. The van der Waals surface area contributed by atoms with E-state index in [1.165, 1.54) is 11.3 Å². The number of halogens is 2. The highest BCUT2D eigenvalue weighted by Gasteiger charge is 2.09. The summed E-state index contributed by atoms with van der Waals surface area (Å²) in [5, 5.41) is 2.31. The topological polar surface area (TPSA) is 38.7 Å². The molecule has 0 spiro atoms. The van der Waals surface area contributed by atoms with Crippen molar-refractivity contribution in [3.05, 3.63) is 26.2 Å². The maximum Gasteiger partial charge on any atom is 0.180 e. The van der Waals surface area contributed by atoms with E-state index in [1.54, 1.807) is 5.51 Å². The molecule has 14 heavy (non-hydrogen) atoms. The average Bonchev–Trinajstić information content (AvgIpc) is 2.66. The minimum absolute atomic E-state index is 0.417. The largest absolute Gasteiger partial charge is 0.241 e. The summed E-state index contributed by atoms with van der Waals surface area (Å²) in [6.07, 6.45) is 0. The highest BCUT2D eigenvalue weighted by Crippen LogP contribution is 2.25. The van der Waals surface area contributed by atoms with Gasteiger partial charge in [0.25, 0.3) is 0 Å². The smallest absolute Gasteiger partial charge is 0.180 e. The molecular formula is C8H5BrClN3S. The highest BCUT2D eigenvalue weighted by atomic mass is 79.9. The van der Waals surface area contributed by atoms with Crippen LogP contribution in [0.5, 0.6) is 0 Å². The molecule has 2 heterocycles. The van der Waals surface area contributed by atoms with Gasteiger partial charge in [-0.05, 0) is 22.9 Å². The Balaban J connectivity index is 2.57. The van der Waals surface area contributed by atoms with Gasteiger partial charge in [-0.1, -0.05) is 11.6 Å². The van der Waals surface area contributed by atoms with Crippen molar-refractivity contribution in [3.8, 4) is 11.5 Å². The molecule has 0 aliphatic rings. The summed E-state index contributed by atoms with van der Waals surface area (Å²) in [7, 11) is 0. The van der Waals surface area contributed by atoms with Crippen LogP contribution in [0, 0.1) is 6.92 Å². The van der Waals surface area contributed by atoms with E-state index >= 15 is 0 Å². The Kier molecular flexibility index (Phi) is 2.80. The van der Waals surface area contributed by atoms with Gasteiger partial charge in [0.15, 0.2) is 5.82 Å². The lowest BCUT2D eigenvalue weighted by Crippen LogP contribution is -1.94. The quantitative estimate of drug-likeness (QED) is 0.756. The summed E-state index contributed by atoms with van der Waals surface area (Å²) in [5.74, 6) is 0.567. The molecule has 2 rings (SSSR count). The predicted octanol–water partition coefficient (Wildman–Crippen LogP) is 3.32.